The number of halogens is 2. The van der Waals surface area contributed by atoms with Crippen LogP contribution in [0.1, 0.15) is 12.8 Å². The average Bonchev–Trinajstić information content (AvgIpc) is 3.62. The van der Waals surface area contributed by atoms with E-state index in [0.29, 0.717) is 55.3 Å². The van der Waals surface area contributed by atoms with Gasteiger partial charge in [-0.3, -0.25) is 4.79 Å². The van der Waals surface area contributed by atoms with Crippen LogP contribution in [0.5, 0.6) is 11.5 Å². The number of aromatic nitrogens is 3. The minimum Gasteiger partial charge on any atom is -0.494 e. The number of carbonyl (C=O) groups is 1. The zero-order valence-corrected chi connectivity index (χ0v) is 22.6. The molecule has 2 aromatic heterocycles. The zero-order chi connectivity index (χ0) is 28.4. The molecule has 0 spiro atoms. The van der Waals surface area contributed by atoms with E-state index in [9.17, 15) is 4.79 Å². The van der Waals surface area contributed by atoms with Gasteiger partial charge in [-0.15, -0.1) is 0 Å². The van der Waals surface area contributed by atoms with Crippen molar-refractivity contribution in [1.82, 2.24) is 15.0 Å². The lowest BCUT2D eigenvalue weighted by Crippen LogP contribution is -2.29. The summed E-state index contributed by atoms with van der Waals surface area (Å²) >= 11 is 0. The molecule has 0 saturated carbocycles. The lowest BCUT2D eigenvalue weighted by Gasteiger charge is -2.22. The standard InChI is InChI=1S/C28H31F2N5O5/c1-5-16(36)8-15-13-40-14-20(15)32-23-9-18-19(11-31-23)33-27(34-28(18)35-7-6-17(12-35)37-2)24-25(29)21(38-3)10-22(39-4)26(24)30/h5,9-11,15,17,20H,1,6-8,12-14H2,2-4H3,(H,31,32)/t15-,17?,20+/m0/s1. The Hall–Kier alpha value is -3.90. The maximum absolute atomic E-state index is 15.4. The van der Waals surface area contributed by atoms with Crippen LogP contribution in [0, 0.1) is 17.6 Å². The number of ketones is 1. The van der Waals surface area contributed by atoms with Gasteiger partial charge in [0.05, 0.1) is 56.9 Å². The van der Waals surface area contributed by atoms with Crippen LogP contribution in [0.4, 0.5) is 20.4 Å². The first-order chi connectivity index (χ1) is 19.4. The predicted molar refractivity (Wildman–Crippen MR) is 145 cm³/mol. The van der Waals surface area contributed by atoms with Crippen LogP contribution in [0.3, 0.4) is 0 Å². The quantitative estimate of drug-likeness (QED) is 0.371. The van der Waals surface area contributed by atoms with Crippen molar-refractivity contribution in [2.24, 2.45) is 5.92 Å². The predicted octanol–water partition coefficient (Wildman–Crippen LogP) is 3.78. The third kappa shape index (κ3) is 5.28. The first kappa shape index (κ1) is 27.7. The molecule has 2 fully saturated rings. The van der Waals surface area contributed by atoms with E-state index >= 15 is 8.78 Å². The number of fused-ring (bicyclic) bond motifs is 1. The van der Waals surface area contributed by atoms with Gasteiger partial charge in [0, 0.05) is 44.0 Å². The van der Waals surface area contributed by atoms with Gasteiger partial charge in [0.15, 0.2) is 34.7 Å². The molecular formula is C28H31F2N5O5. The molecule has 0 amide bonds. The van der Waals surface area contributed by atoms with E-state index in [0.717, 1.165) is 12.5 Å². The summed E-state index contributed by atoms with van der Waals surface area (Å²) in [4.78, 5) is 27.6. The number of nitrogens with one attached hydrogen (secondary N) is 1. The van der Waals surface area contributed by atoms with Crippen LogP contribution in [0.25, 0.3) is 22.3 Å². The molecule has 2 aliphatic heterocycles. The second-order valence-electron chi connectivity index (χ2n) is 9.76. The topological polar surface area (TPSA) is 108 Å². The van der Waals surface area contributed by atoms with Crippen molar-refractivity contribution in [3.8, 4) is 22.9 Å². The van der Waals surface area contributed by atoms with Gasteiger partial charge >= 0.3 is 0 Å². The van der Waals surface area contributed by atoms with Gasteiger partial charge in [-0.2, -0.15) is 0 Å². The van der Waals surface area contributed by atoms with Gasteiger partial charge in [-0.05, 0) is 18.6 Å². The minimum absolute atomic E-state index is 0.0166. The van der Waals surface area contributed by atoms with Gasteiger partial charge in [-0.1, -0.05) is 6.58 Å². The number of rotatable bonds is 10. The molecule has 40 heavy (non-hydrogen) atoms. The number of ether oxygens (including phenoxy) is 4. The highest BCUT2D eigenvalue weighted by Crippen LogP contribution is 2.39. The van der Waals surface area contributed by atoms with Gasteiger partial charge in [0.25, 0.3) is 0 Å². The number of methoxy groups -OCH3 is 3. The van der Waals surface area contributed by atoms with E-state index in [1.54, 1.807) is 13.2 Å². The van der Waals surface area contributed by atoms with Crippen LogP contribution in [0.2, 0.25) is 0 Å². The Balaban J connectivity index is 1.59. The molecule has 0 aliphatic carbocycles. The molecular weight excluding hydrogens is 524 g/mol. The third-order valence-corrected chi connectivity index (χ3v) is 7.36. The Morgan fingerprint density at radius 1 is 1.18 bits per heavy atom. The molecule has 4 heterocycles. The summed E-state index contributed by atoms with van der Waals surface area (Å²) in [5, 5.41) is 4.02. The van der Waals surface area contributed by atoms with Crippen LogP contribution in [-0.4, -0.2) is 80.5 Å². The second kappa shape index (κ2) is 11.7. The maximum Gasteiger partial charge on any atom is 0.179 e. The van der Waals surface area contributed by atoms with E-state index in [1.807, 2.05) is 4.90 Å². The number of nitrogens with zero attached hydrogens (tertiary/aromatic N) is 4. The van der Waals surface area contributed by atoms with Crippen molar-refractivity contribution in [3.63, 3.8) is 0 Å². The largest absolute Gasteiger partial charge is 0.494 e. The molecule has 0 radical (unpaired) electrons. The number of carbonyl (C=O) groups excluding carboxylic acids is 1. The average molecular weight is 556 g/mol. The summed E-state index contributed by atoms with van der Waals surface area (Å²) in [6.07, 6.45) is 3.92. The van der Waals surface area contributed by atoms with Crippen molar-refractivity contribution in [2.45, 2.75) is 25.0 Å². The van der Waals surface area contributed by atoms with Gasteiger partial charge in [0.2, 0.25) is 0 Å². The Bertz CT molecular complexity index is 1410. The van der Waals surface area contributed by atoms with E-state index in [4.69, 9.17) is 18.9 Å². The summed E-state index contributed by atoms with van der Waals surface area (Å²) in [6.45, 7) is 5.60. The maximum atomic E-state index is 15.4. The molecule has 1 unspecified atom stereocenters. The smallest absolute Gasteiger partial charge is 0.179 e. The van der Waals surface area contributed by atoms with Crippen molar-refractivity contribution in [1.29, 1.82) is 0 Å². The molecule has 2 aliphatic rings. The lowest BCUT2D eigenvalue weighted by molar-refractivity contribution is -0.115. The van der Waals surface area contributed by atoms with Crippen LogP contribution < -0.4 is 19.7 Å². The van der Waals surface area contributed by atoms with Gasteiger partial charge in [0.1, 0.15) is 11.6 Å². The van der Waals surface area contributed by atoms with E-state index in [-0.39, 0.29) is 41.2 Å². The van der Waals surface area contributed by atoms with E-state index in [1.165, 1.54) is 26.5 Å². The molecule has 5 rings (SSSR count). The first-order valence-electron chi connectivity index (χ1n) is 12.9. The number of anilines is 2. The van der Waals surface area contributed by atoms with Gasteiger partial charge < -0.3 is 29.2 Å². The van der Waals surface area contributed by atoms with Crippen molar-refractivity contribution in [2.75, 3.05) is 57.8 Å². The molecule has 3 atom stereocenters. The van der Waals surface area contributed by atoms with Crippen molar-refractivity contribution < 1.29 is 32.5 Å². The molecule has 12 heteroatoms. The zero-order valence-electron chi connectivity index (χ0n) is 22.6. The highest BCUT2D eigenvalue weighted by atomic mass is 19.1. The highest BCUT2D eigenvalue weighted by molar-refractivity contribution is 5.93. The summed E-state index contributed by atoms with van der Waals surface area (Å²) in [6, 6.07) is 2.81. The number of allylic oxidation sites excluding steroid dienone is 1. The van der Waals surface area contributed by atoms with Crippen molar-refractivity contribution in [3.05, 3.63) is 42.6 Å². The Kier molecular flexibility index (Phi) is 8.08. The minimum atomic E-state index is -0.935. The van der Waals surface area contributed by atoms with Crippen LogP contribution in [-0.2, 0) is 14.3 Å². The molecule has 2 saturated heterocycles. The van der Waals surface area contributed by atoms with Crippen molar-refractivity contribution >= 4 is 28.3 Å². The molecule has 212 valence electrons. The highest BCUT2D eigenvalue weighted by Gasteiger charge is 2.31. The summed E-state index contributed by atoms with van der Waals surface area (Å²) < 4.78 is 52.2. The molecule has 1 aromatic carbocycles. The van der Waals surface area contributed by atoms with Crippen LogP contribution in [0.15, 0.2) is 31.0 Å². The Morgan fingerprint density at radius 2 is 1.93 bits per heavy atom. The Labute approximate surface area is 230 Å². The normalized spacial score (nSPS) is 20.6. The van der Waals surface area contributed by atoms with Crippen LogP contribution >= 0.6 is 0 Å². The molecule has 0 bridgehead atoms. The number of hydrogen-bond acceptors (Lipinski definition) is 10. The molecule has 10 nitrogen and oxygen atoms in total. The first-order valence-corrected chi connectivity index (χ1v) is 12.9. The monoisotopic (exact) mass is 555 g/mol. The van der Waals surface area contributed by atoms with Gasteiger partial charge in [-0.25, -0.2) is 23.7 Å². The second-order valence-corrected chi connectivity index (χ2v) is 9.76. The lowest BCUT2D eigenvalue weighted by atomic mass is 9.97. The SMILES string of the molecule is C=CC(=O)C[C@H]1COC[C@H]1Nc1cc2c(N3CCC(OC)C3)nc(-c3c(F)c(OC)cc(OC)c3F)nc2cn1. The number of benzene rings is 1. The fourth-order valence-corrected chi connectivity index (χ4v) is 5.13. The van der Waals surface area contributed by atoms with E-state index in [2.05, 4.69) is 26.8 Å². The van der Waals surface area contributed by atoms with E-state index < -0.39 is 17.2 Å². The summed E-state index contributed by atoms with van der Waals surface area (Å²) in [5.74, 6) is -1.47. The fourth-order valence-electron chi connectivity index (χ4n) is 5.13. The Morgan fingerprint density at radius 3 is 2.58 bits per heavy atom. The summed E-state index contributed by atoms with van der Waals surface area (Å²) in [7, 11) is 4.22. The summed E-state index contributed by atoms with van der Waals surface area (Å²) in [5.41, 5.74) is -0.0602. The molecule has 1 N–H and O–H groups in total. The number of hydrogen-bond donors (Lipinski definition) is 1. The fraction of sp³-hybridized carbons (Fsp3) is 0.429. The number of pyridine rings is 1. The third-order valence-electron chi connectivity index (χ3n) is 7.36. The molecule has 3 aromatic rings.